The van der Waals surface area contributed by atoms with Gasteiger partial charge in [0.25, 0.3) is 0 Å². The molecule has 0 bridgehead atoms. The number of hydrogen-bond acceptors (Lipinski definition) is 5. The van der Waals surface area contributed by atoms with Crippen LogP contribution in [0, 0.1) is 0 Å². The average Bonchev–Trinajstić information content (AvgIpc) is 3.44. The monoisotopic (exact) mass is 442 g/mol. The number of methoxy groups -OCH3 is 1. The third-order valence-corrected chi connectivity index (χ3v) is 6.40. The van der Waals surface area contributed by atoms with Crippen LogP contribution >= 0.6 is 23.4 Å². The maximum absolute atomic E-state index is 12.8. The molecule has 1 unspecified atom stereocenters. The van der Waals surface area contributed by atoms with Gasteiger partial charge in [0.2, 0.25) is 5.91 Å². The fourth-order valence-electron chi connectivity index (χ4n) is 3.58. The minimum absolute atomic E-state index is 0.141. The predicted molar refractivity (Wildman–Crippen MR) is 119 cm³/mol. The van der Waals surface area contributed by atoms with Crippen molar-refractivity contribution in [3.8, 4) is 22.8 Å². The Hall–Kier alpha value is -2.51. The molecule has 0 radical (unpaired) electrons. The van der Waals surface area contributed by atoms with Crippen LogP contribution in [0.25, 0.3) is 17.1 Å². The molecule has 1 atom stereocenters. The van der Waals surface area contributed by atoms with Crippen LogP contribution in [0.5, 0.6) is 5.75 Å². The van der Waals surface area contributed by atoms with E-state index in [1.54, 1.807) is 7.11 Å². The largest absolute Gasteiger partial charge is 0.496 e. The average molecular weight is 443 g/mol. The number of para-hydroxylation sites is 1. The van der Waals surface area contributed by atoms with E-state index in [1.807, 2.05) is 64.9 Å². The standard InChI is InChI=1S/C22H23ClN4O2S/c1-15(21(28)26-13-5-6-14-26)30-22-25-24-20(18-7-3-4-8-19(18)29-2)27(22)17-11-9-16(23)10-12-17/h3-4,7-12,15H,5-6,13-14H2,1-2H3. The van der Waals surface area contributed by atoms with Crippen molar-refractivity contribution >= 4 is 29.3 Å². The summed E-state index contributed by atoms with van der Waals surface area (Å²) in [6.45, 7) is 3.59. The summed E-state index contributed by atoms with van der Waals surface area (Å²) in [6.07, 6.45) is 2.14. The molecule has 0 N–H and O–H groups in total. The third kappa shape index (κ3) is 4.18. The number of aromatic nitrogens is 3. The van der Waals surface area contributed by atoms with Crippen molar-refractivity contribution in [3.05, 3.63) is 53.6 Å². The summed E-state index contributed by atoms with van der Waals surface area (Å²) in [5, 5.41) is 9.93. The molecule has 4 rings (SSSR count). The summed E-state index contributed by atoms with van der Waals surface area (Å²) in [4.78, 5) is 14.8. The van der Waals surface area contributed by atoms with E-state index < -0.39 is 0 Å². The second-order valence-corrected chi connectivity index (χ2v) is 8.86. The highest BCUT2D eigenvalue weighted by atomic mass is 35.5. The summed E-state index contributed by atoms with van der Waals surface area (Å²) in [7, 11) is 1.63. The van der Waals surface area contributed by atoms with Crippen LogP contribution in [-0.4, -0.2) is 51.0 Å². The van der Waals surface area contributed by atoms with E-state index >= 15 is 0 Å². The maximum Gasteiger partial charge on any atom is 0.235 e. The van der Waals surface area contributed by atoms with E-state index in [0.29, 0.717) is 21.8 Å². The van der Waals surface area contributed by atoms with Gasteiger partial charge in [0, 0.05) is 23.8 Å². The van der Waals surface area contributed by atoms with Gasteiger partial charge in [-0.05, 0) is 56.2 Å². The highest BCUT2D eigenvalue weighted by Gasteiger charge is 2.27. The van der Waals surface area contributed by atoms with Crippen LogP contribution in [0.3, 0.4) is 0 Å². The molecule has 1 saturated heterocycles. The Labute approximate surface area is 185 Å². The lowest BCUT2D eigenvalue weighted by atomic mass is 10.2. The lowest BCUT2D eigenvalue weighted by Gasteiger charge is -2.20. The number of benzene rings is 2. The number of thioether (sulfide) groups is 1. The van der Waals surface area contributed by atoms with Crippen LogP contribution in [0.2, 0.25) is 5.02 Å². The lowest BCUT2D eigenvalue weighted by Crippen LogP contribution is -2.34. The molecule has 1 aliphatic rings. The molecule has 3 aromatic rings. The van der Waals surface area contributed by atoms with Crippen molar-refractivity contribution in [2.75, 3.05) is 20.2 Å². The van der Waals surface area contributed by atoms with Crippen molar-refractivity contribution in [1.29, 1.82) is 0 Å². The van der Waals surface area contributed by atoms with Crippen molar-refractivity contribution in [2.45, 2.75) is 30.2 Å². The summed E-state index contributed by atoms with van der Waals surface area (Å²) in [5.74, 6) is 1.50. The third-order valence-electron chi connectivity index (χ3n) is 5.11. The molecule has 0 aliphatic carbocycles. The number of carbonyl (C=O) groups excluding carboxylic acids is 1. The van der Waals surface area contributed by atoms with Gasteiger partial charge in [0.05, 0.1) is 17.9 Å². The molecule has 2 aromatic carbocycles. The van der Waals surface area contributed by atoms with Gasteiger partial charge in [-0.15, -0.1) is 10.2 Å². The van der Waals surface area contributed by atoms with Crippen LogP contribution < -0.4 is 4.74 Å². The summed E-state index contributed by atoms with van der Waals surface area (Å²) >= 11 is 7.52. The number of hydrogen-bond donors (Lipinski definition) is 0. The maximum atomic E-state index is 12.8. The molecule has 0 saturated carbocycles. The summed E-state index contributed by atoms with van der Waals surface area (Å²) in [6, 6.07) is 15.2. The Morgan fingerprint density at radius 2 is 1.80 bits per heavy atom. The first-order valence-electron chi connectivity index (χ1n) is 9.88. The van der Waals surface area contributed by atoms with E-state index in [4.69, 9.17) is 16.3 Å². The molecule has 8 heteroatoms. The summed E-state index contributed by atoms with van der Waals surface area (Å²) < 4.78 is 7.49. The first-order chi connectivity index (χ1) is 14.6. The zero-order valence-electron chi connectivity index (χ0n) is 16.9. The number of rotatable bonds is 6. The Morgan fingerprint density at radius 1 is 1.10 bits per heavy atom. The Morgan fingerprint density at radius 3 is 2.50 bits per heavy atom. The second kappa shape index (κ2) is 9.10. The molecule has 156 valence electrons. The number of likely N-dealkylation sites (tertiary alicyclic amines) is 1. The van der Waals surface area contributed by atoms with Gasteiger partial charge in [-0.2, -0.15) is 0 Å². The molecular weight excluding hydrogens is 420 g/mol. The first kappa shape index (κ1) is 20.8. The number of carbonyl (C=O) groups is 1. The minimum atomic E-state index is -0.260. The molecular formula is C22H23ClN4O2S. The van der Waals surface area contributed by atoms with Gasteiger partial charge in [-0.25, -0.2) is 0 Å². The van der Waals surface area contributed by atoms with Gasteiger partial charge in [0.15, 0.2) is 11.0 Å². The number of halogens is 1. The van der Waals surface area contributed by atoms with Crippen molar-refractivity contribution in [3.63, 3.8) is 0 Å². The van der Waals surface area contributed by atoms with Crippen LogP contribution in [0.15, 0.2) is 53.7 Å². The second-order valence-electron chi connectivity index (χ2n) is 7.11. The number of ether oxygens (including phenoxy) is 1. The lowest BCUT2D eigenvalue weighted by molar-refractivity contribution is -0.129. The van der Waals surface area contributed by atoms with E-state index in [1.165, 1.54) is 11.8 Å². The van der Waals surface area contributed by atoms with E-state index in [2.05, 4.69) is 10.2 Å². The molecule has 0 spiro atoms. The van der Waals surface area contributed by atoms with Gasteiger partial charge in [-0.3, -0.25) is 9.36 Å². The quantitative estimate of drug-likeness (QED) is 0.518. The van der Waals surface area contributed by atoms with Crippen molar-refractivity contribution < 1.29 is 9.53 Å². The van der Waals surface area contributed by atoms with E-state index in [0.717, 1.165) is 37.2 Å². The van der Waals surface area contributed by atoms with Gasteiger partial charge < -0.3 is 9.64 Å². The zero-order valence-corrected chi connectivity index (χ0v) is 18.5. The van der Waals surface area contributed by atoms with Crippen molar-refractivity contribution in [2.24, 2.45) is 0 Å². The highest BCUT2D eigenvalue weighted by Crippen LogP contribution is 2.35. The molecule has 2 heterocycles. The smallest absolute Gasteiger partial charge is 0.235 e. The molecule has 1 amide bonds. The van der Waals surface area contributed by atoms with Crippen molar-refractivity contribution in [1.82, 2.24) is 19.7 Å². The topological polar surface area (TPSA) is 60.3 Å². The van der Waals surface area contributed by atoms with E-state index in [-0.39, 0.29) is 11.2 Å². The Bertz CT molecular complexity index is 1030. The van der Waals surface area contributed by atoms with Crippen LogP contribution in [0.1, 0.15) is 19.8 Å². The number of nitrogens with zero attached hydrogens (tertiary/aromatic N) is 4. The predicted octanol–water partition coefficient (Wildman–Crippen LogP) is 4.70. The molecule has 6 nitrogen and oxygen atoms in total. The zero-order chi connectivity index (χ0) is 21.1. The SMILES string of the molecule is COc1ccccc1-c1nnc(SC(C)C(=O)N2CCCC2)n1-c1ccc(Cl)cc1. The highest BCUT2D eigenvalue weighted by molar-refractivity contribution is 8.00. The Balaban J connectivity index is 1.74. The van der Waals surface area contributed by atoms with Crippen LogP contribution in [-0.2, 0) is 4.79 Å². The van der Waals surface area contributed by atoms with Gasteiger partial charge in [0.1, 0.15) is 5.75 Å². The van der Waals surface area contributed by atoms with Gasteiger partial charge >= 0.3 is 0 Å². The fraction of sp³-hybridized carbons (Fsp3) is 0.318. The Kier molecular flexibility index (Phi) is 6.29. The molecule has 1 fully saturated rings. The normalized spacial score (nSPS) is 14.7. The summed E-state index contributed by atoms with van der Waals surface area (Å²) in [5.41, 5.74) is 1.70. The van der Waals surface area contributed by atoms with Gasteiger partial charge in [-0.1, -0.05) is 35.5 Å². The van der Waals surface area contributed by atoms with Crippen LogP contribution in [0.4, 0.5) is 0 Å². The molecule has 1 aliphatic heterocycles. The number of amides is 1. The minimum Gasteiger partial charge on any atom is -0.496 e. The first-order valence-corrected chi connectivity index (χ1v) is 11.1. The van der Waals surface area contributed by atoms with E-state index in [9.17, 15) is 4.79 Å². The molecule has 1 aromatic heterocycles. The fourth-order valence-corrected chi connectivity index (χ4v) is 4.65. The molecule has 30 heavy (non-hydrogen) atoms.